The number of aliphatic hydroxyl groups excluding tert-OH is 2. The van der Waals surface area contributed by atoms with Crippen LogP contribution in [0, 0.1) is 49.4 Å². The number of hydrogen-bond acceptors (Lipinski definition) is 11. The molecule has 4 atom stereocenters. The van der Waals surface area contributed by atoms with Crippen molar-refractivity contribution in [2.75, 3.05) is 0 Å². The van der Waals surface area contributed by atoms with Crippen LogP contribution in [0.15, 0.2) is 108 Å². The van der Waals surface area contributed by atoms with Crippen LogP contribution in [0.3, 0.4) is 0 Å². The van der Waals surface area contributed by atoms with E-state index in [1.54, 1.807) is 60.9 Å². The molecule has 51 heavy (non-hydrogen) atoms. The third-order valence-electron chi connectivity index (χ3n) is 6.98. The number of hydrogen-bond donors (Lipinski definition) is 2. The summed E-state index contributed by atoms with van der Waals surface area (Å²) in [4.78, 5) is 9.15. The Labute approximate surface area is 379 Å². The smallest absolute Gasteiger partial charge is 0.740 e. The van der Waals surface area contributed by atoms with Crippen LogP contribution >= 0.6 is 0 Å². The molecule has 4 unspecified atom stereocenters. The zero-order chi connectivity index (χ0) is 34.4. The van der Waals surface area contributed by atoms with Crippen LogP contribution in [-0.4, -0.2) is 50.0 Å². The van der Waals surface area contributed by atoms with Crippen LogP contribution in [0.2, 0.25) is 0 Å². The second kappa shape index (κ2) is 21.1. The molecule has 0 aliphatic rings. The maximum absolute atomic E-state index is 11.9. The number of pyridine rings is 2. The van der Waals surface area contributed by atoms with Gasteiger partial charge in [0, 0.05) is 79.0 Å². The Kier molecular flexibility index (Phi) is 19.0. The number of aromatic nitrogens is 2. The van der Waals surface area contributed by atoms with E-state index in [1.165, 1.54) is 18.4 Å². The third-order valence-corrected chi connectivity index (χ3v) is 7.63. The largest absolute Gasteiger partial charge is 1.00 e. The van der Waals surface area contributed by atoms with Crippen molar-refractivity contribution in [1.82, 2.24) is 9.97 Å². The second-order valence-corrected chi connectivity index (χ2v) is 11.2. The fraction of sp³-hybridized carbons (Fsp3) is 0.125. The first-order valence-corrected chi connectivity index (χ1v) is 15.8. The maximum Gasteiger partial charge on any atom is 1.00 e. The van der Waals surface area contributed by atoms with Gasteiger partial charge >= 0.3 is 65.3 Å². The number of aliphatic hydroxyl groups is 2. The molecule has 11 nitrogen and oxygen atoms in total. The Hall–Kier alpha value is -1.13. The number of furan rings is 1. The quantitative estimate of drug-likeness (QED) is 0.114. The van der Waals surface area contributed by atoms with Crippen LogP contribution in [-0.2, 0) is 22.7 Å². The second-order valence-electron chi connectivity index (χ2n) is 10.0. The van der Waals surface area contributed by atoms with Crippen molar-refractivity contribution in [2.45, 2.75) is 24.8 Å². The average Bonchev–Trinajstić information content (AvgIpc) is 3.60. The van der Waals surface area contributed by atoms with Crippen molar-refractivity contribution in [3.8, 4) is 33.8 Å². The van der Waals surface area contributed by atoms with Crippen LogP contribution < -0.4 is 67.5 Å². The van der Waals surface area contributed by atoms with Gasteiger partial charge in [-0.25, -0.2) is 8.42 Å². The fourth-order valence-corrected chi connectivity index (χ4v) is 5.35. The summed E-state index contributed by atoms with van der Waals surface area (Å²) in [6.07, 6.45) is -4.87. The van der Waals surface area contributed by atoms with E-state index in [1.807, 2.05) is 24.3 Å². The Balaban J connectivity index is 0.000000453. The number of halogens is 3. The predicted molar refractivity (Wildman–Crippen MR) is 167 cm³/mol. The molecule has 3 aromatic heterocycles. The molecule has 0 fully saturated rings. The Morgan fingerprint density at radius 3 is 1.51 bits per heavy atom. The van der Waals surface area contributed by atoms with Gasteiger partial charge in [-0.2, -0.15) is 13.2 Å². The van der Waals surface area contributed by atoms with Gasteiger partial charge in [0.25, 0.3) is 0 Å². The number of nitrogens with zero attached hydrogens (tertiary/aromatic N) is 2. The monoisotopic (exact) mass is 899 g/mol. The van der Waals surface area contributed by atoms with E-state index in [0.29, 0.717) is 0 Å². The molecule has 0 saturated heterocycles. The first kappa shape index (κ1) is 46.0. The molecule has 0 bridgehead atoms. The summed E-state index contributed by atoms with van der Waals surface area (Å²) in [5.74, 6) is 0.462. The van der Waals surface area contributed by atoms with Crippen molar-refractivity contribution in [1.29, 1.82) is 0 Å². The summed E-state index contributed by atoms with van der Waals surface area (Å²) in [6, 6.07) is 24.0. The zero-order valence-corrected chi connectivity index (χ0v) is 34.7. The molecule has 6 rings (SSSR count). The van der Waals surface area contributed by atoms with Crippen molar-refractivity contribution < 1.29 is 162 Å². The SMILES string of the molecule is O=S([O-])Oc1ccc(-c2ccnc3c2ccc2c(-c4ccc(OS(=O)[O-])cc4)ccnc23)cc1.OC(CC(O)C(F)(F)F)c1ccco1.[Eu].[Na+].[Na+]. The molecular formula is C32H23EuF3N2Na2O9S2. The summed E-state index contributed by atoms with van der Waals surface area (Å²) in [5.41, 5.74) is 5.03. The van der Waals surface area contributed by atoms with Crippen molar-refractivity contribution in [3.05, 3.63) is 109 Å². The van der Waals surface area contributed by atoms with Gasteiger partial charge in [0.15, 0.2) is 6.10 Å². The van der Waals surface area contributed by atoms with E-state index in [2.05, 4.69) is 22.8 Å². The van der Waals surface area contributed by atoms with Gasteiger partial charge in [-0.1, -0.05) is 36.4 Å². The van der Waals surface area contributed by atoms with Crippen LogP contribution in [0.5, 0.6) is 11.5 Å². The van der Waals surface area contributed by atoms with Crippen molar-refractivity contribution in [2.24, 2.45) is 0 Å². The summed E-state index contributed by atoms with van der Waals surface area (Å²) < 4.78 is 92.6. The van der Waals surface area contributed by atoms with E-state index in [4.69, 9.17) is 5.11 Å². The molecular weight excluding hydrogens is 875 g/mol. The van der Waals surface area contributed by atoms with Gasteiger partial charge in [0.2, 0.25) is 0 Å². The molecule has 1 radical (unpaired) electrons. The Bertz CT molecular complexity index is 1940. The molecule has 3 aromatic carbocycles. The molecule has 0 aliphatic carbocycles. The minimum absolute atomic E-state index is 0. The first-order chi connectivity index (χ1) is 22.9. The first-order valence-electron chi connectivity index (χ1n) is 13.8. The Morgan fingerprint density at radius 2 is 1.16 bits per heavy atom. The van der Waals surface area contributed by atoms with Crippen LogP contribution in [0.4, 0.5) is 13.2 Å². The van der Waals surface area contributed by atoms with Crippen molar-refractivity contribution >= 4 is 44.5 Å². The normalized spacial score (nSPS) is 13.2. The minimum atomic E-state index is -4.71. The van der Waals surface area contributed by atoms with Crippen molar-refractivity contribution in [3.63, 3.8) is 0 Å². The van der Waals surface area contributed by atoms with Gasteiger partial charge in [0.1, 0.15) is 46.1 Å². The summed E-state index contributed by atoms with van der Waals surface area (Å²) in [5, 5.41) is 19.6. The van der Waals surface area contributed by atoms with E-state index in [0.717, 1.165) is 44.1 Å². The average molecular weight is 899 g/mol. The van der Waals surface area contributed by atoms with Gasteiger partial charge in [0.05, 0.1) is 17.3 Å². The molecule has 0 amide bonds. The van der Waals surface area contributed by atoms with E-state index < -0.39 is 47.5 Å². The third kappa shape index (κ3) is 12.4. The molecule has 0 aliphatic heterocycles. The van der Waals surface area contributed by atoms with Crippen LogP contribution in [0.25, 0.3) is 44.1 Å². The summed E-state index contributed by atoms with van der Waals surface area (Å²) in [6.45, 7) is 0. The minimum Gasteiger partial charge on any atom is -0.740 e. The summed E-state index contributed by atoms with van der Waals surface area (Å²) >= 11 is -5.26. The van der Waals surface area contributed by atoms with E-state index in [-0.39, 0.29) is 126 Å². The number of benzene rings is 3. The van der Waals surface area contributed by atoms with Gasteiger partial charge in [-0.3, -0.25) is 9.97 Å². The van der Waals surface area contributed by atoms with Gasteiger partial charge in [-0.15, -0.1) is 0 Å². The molecule has 3 heterocycles. The Morgan fingerprint density at radius 1 is 0.725 bits per heavy atom. The fourth-order valence-electron chi connectivity index (χ4n) is 4.81. The van der Waals surface area contributed by atoms with Gasteiger partial charge < -0.3 is 32.1 Å². The van der Waals surface area contributed by atoms with E-state index in [9.17, 15) is 35.8 Å². The molecule has 2 N–H and O–H groups in total. The number of rotatable bonds is 9. The van der Waals surface area contributed by atoms with Gasteiger partial charge in [-0.05, 0) is 70.8 Å². The molecule has 0 spiro atoms. The predicted octanol–water partition coefficient (Wildman–Crippen LogP) is 0.0971. The van der Waals surface area contributed by atoms with E-state index >= 15 is 0 Å². The van der Waals surface area contributed by atoms with Crippen LogP contribution in [0.1, 0.15) is 18.3 Å². The molecule has 19 heteroatoms. The number of fused-ring (bicyclic) bond motifs is 3. The zero-order valence-electron chi connectivity index (χ0n) is 26.7. The molecule has 257 valence electrons. The standard InChI is InChI=1S/C24H16N2O6S2.C8H9F3O3.Eu.2Na/c27-33(28)31-17-5-1-15(2-6-17)19-11-13-25-23-21(19)9-10-22-20(12-14-26-24(22)23)16-3-7-18(8-4-16)32-34(29)30;9-8(10,11)7(13)4-5(12)6-2-1-3-14-6;;;/h1-14H,(H,27,28)(H,29,30);1-3,5,7,12-13H,4H2;;;/q;;;2*+1/p-2. The summed E-state index contributed by atoms with van der Waals surface area (Å²) in [7, 11) is 0. The number of alkyl halides is 3. The topological polar surface area (TPSA) is 178 Å². The molecule has 6 aromatic rings. The maximum atomic E-state index is 11.9. The molecule has 0 saturated carbocycles.